The van der Waals surface area contributed by atoms with Crippen LogP contribution in [0.15, 0.2) is 182 Å². The molecule has 0 saturated heterocycles. The quantitative estimate of drug-likeness (QED) is 0.162. The van der Waals surface area contributed by atoms with E-state index in [1.807, 2.05) is 0 Å². The lowest BCUT2D eigenvalue weighted by Crippen LogP contribution is -2.15. The van der Waals surface area contributed by atoms with Crippen molar-refractivity contribution in [3.8, 4) is 50.2 Å². The first kappa shape index (κ1) is 32.0. The molecule has 0 saturated carbocycles. The number of para-hydroxylation sites is 1. The number of aryl methyl sites for hydroxylation is 1. The summed E-state index contributed by atoms with van der Waals surface area (Å²) in [6.45, 7) is 4.87. The molecule has 1 aromatic heterocycles. The molecule has 0 radical (unpaired) electrons. The fourth-order valence-corrected chi connectivity index (χ4v) is 9.82. The van der Waals surface area contributed by atoms with Crippen molar-refractivity contribution in [3.63, 3.8) is 0 Å². The molecule has 1 heteroatoms. The van der Waals surface area contributed by atoms with Gasteiger partial charge in [0.25, 0.3) is 0 Å². The Morgan fingerprint density at radius 1 is 0.436 bits per heavy atom. The molecule has 0 amide bonds. The van der Waals surface area contributed by atoms with Gasteiger partial charge < -0.3 is 4.57 Å². The van der Waals surface area contributed by atoms with Gasteiger partial charge in [0, 0.05) is 27.8 Å². The smallest absolute Gasteiger partial charge is 0.0544 e. The number of benzene rings is 8. The van der Waals surface area contributed by atoms with Crippen LogP contribution in [0.5, 0.6) is 0 Å². The van der Waals surface area contributed by atoms with Crippen LogP contribution in [0, 0.1) is 0 Å². The maximum absolute atomic E-state index is 2.59. The molecule has 1 heterocycles. The van der Waals surface area contributed by atoms with Crippen LogP contribution >= 0.6 is 0 Å². The first-order chi connectivity index (χ1) is 27.0. The van der Waals surface area contributed by atoms with E-state index in [1.54, 1.807) is 0 Å². The fraction of sp³-hybridized carbons (Fsp3) is 0.111. The molecule has 9 aromatic rings. The Hall–Kier alpha value is -6.44. The monoisotopic (exact) mass is 703 g/mol. The van der Waals surface area contributed by atoms with Crippen molar-refractivity contribution in [2.45, 2.75) is 38.0 Å². The summed E-state index contributed by atoms with van der Waals surface area (Å²) < 4.78 is 2.47. The number of aromatic nitrogens is 1. The van der Waals surface area contributed by atoms with Gasteiger partial charge >= 0.3 is 0 Å². The minimum absolute atomic E-state index is 0.140. The largest absolute Gasteiger partial charge is 0.309 e. The van der Waals surface area contributed by atoms with E-state index in [4.69, 9.17) is 0 Å². The minimum atomic E-state index is -0.140. The summed E-state index contributed by atoms with van der Waals surface area (Å²) in [7, 11) is 0. The lowest BCUT2D eigenvalue weighted by Gasteiger charge is -2.23. The van der Waals surface area contributed by atoms with Gasteiger partial charge in [-0.05, 0) is 122 Å². The minimum Gasteiger partial charge on any atom is -0.309 e. The van der Waals surface area contributed by atoms with E-state index in [0.29, 0.717) is 5.92 Å². The third-order valence-corrected chi connectivity index (χ3v) is 12.7. The SMILES string of the molecule is CC1(C)c2cc3c(cc2-c2cc4c5ccccc5n(-c5ccc(-c6ccccc6)cc5)c4cc21)-c1ccccc1C3CCc1ccc(-c2ccccc2)cc1. The van der Waals surface area contributed by atoms with Gasteiger partial charge in [-0.1, -0.05) is 159 Å². The summed E-state index contributed by atoms with van der Waals surface area (Å²) in [5.41, 5.74) is 21.3. The van der Waals surface area contributed by atoms with E-state index < -0.39 is 0 Å². The molecule has 1 unspecified atom stereocenters. The molecule has 0 aliphatic heterocycles. The van der Waals surface area contributed by atoms with Crippen LogP contribution in [0.1, 0.15) is 54.0 Å². The average Bonchev–Trinajstić information content (AvgIpc) is 3.81. The highest BCUT2D eigenvalue weighted by molar-refractivity contribution is 6.12. The second-order valence-electron chi connectivity index (χ2n) is 16.0. The molecule has 0 fully saturated rings. The highest BCUT2D eigenvalue weighted by Gasteiger charge is 2.39. The molecule has 0 bridgehead atoms. The molecule has 55 heavy (non-hydrogen) atoms. The lowest BCUT2D eigenvalue weighted by atomic mass is 9.80. The van der Waals surface area contributed by atoms with Crippen molar-refractivity contribution in [1.29, 1.82) is 0 Å². The first-order valence-corrected chi connectivity index (χ1v) is 19.7. The van der Waals surface area contributed by atoms with Gasteiger partial charge in [-0.25, -0.2) is 0 Å². The van der Waals surface area contributed by atoms with Crippen molar-refractivity contribution in [3.05, 3.63) is 210 Å². The highest BCUT2D eigenvalue weighted by atomic mass is 15.0. The van der Waals surface area contributed by atoms with E-state index in [2.05, 4.69) is 200 Å². The Labute approximate surface area is 323 Å². The van der Waals surface area contributed by atoms with Gasteiger partial charge in [0.15, 0.2) is 0 Å². The molecular formula is C54H41N. The van der Waals surface area contributed by atoms with Crippen LogP contribution in [0.2, 0.25) is 0 Å². The Morgan fingerprint density at radius 2 is 1.02 bits per heavy atom. The summed E-state index contributed by atoms with van der Waals surface area (Å²) in [5, 5.41) is 2.60. The number of hydrogen-bond donors (Lipinski definition) is 0. The molecule has 2 aliphatic rings. The normalized spacial score (nSPS) is 14.8. The van der Waals surface area contributed by atoms with Crippen molar-refractivity contribution in [1.82, 2.24) is 4.57 Å². The number of fused-ring (bicyclic) bond motifs is 9. The van der Waals surface area contributed by atoms with E-state index in [0.717, 1.165) is 12.8 Å². The molecule has 0 spiro atoms. The van der Waals surface area contributed by atoms with E-state index in [-0.39, 0.29) is 5.41 Å². The van der Waals surface area contributed by atoms with Crippen LogP contribution in [-0.4, -0.2) is 4.57 Å². The third-order valence-electron chi connectivity index (χ3n) is 12.7. The summed E-state index contributed by atoms with van der Waals surface area (Å²) in [6.07, 6.45) is 2.13. The Kier molecular flexibility index (Phi) is 7.16. The number of nitrogens with zero attached hydrogens (tertiary/aromatic N) is 1. The summed E-state index contributed by atoms with van der Waals surface area (Å²) in [6, 6.07) is 67.8. The molecule has 11 rings (SSSR count). The summed E-state index contributed by atoms with van der Waals surface area (Å²) >= 11 is 0. The second kappa shape index (κ2) is 12.3. The van der Waals surface area contributed by atoms with Crippen molar-refractivity contribution in [2.75, 3.05) is 0 Å². The van der Waals surface area contributed by atoms with Crippen LogP contribution < -0.4 is 0 Å². The van der Waals surface area contributed by atoms with Gasteiger partial charge in [0.1, 0.15) is 0 Å². The molecule has 0 N–H and O–H groups in total. The first-order valence-electron chi connectivity index (χ1n) is 19.7. The van der Waals surface area contributed by atoms with Crippen LogP contribution in [0.3, 0.4) is 0 Å². The molecule has 2 aliphatic carbocycles. The zero-order valence-corrected chi connectivity index (χ0v) is 31.3. The van der Waals surface area contributed by atoms with Crippen molar-refractivity contribution >= 4 is 21.8 Å². The number of hydrogen-bond acceptors (Lipinski definition) is 0. The van der Waals surface area contributed by atoms with Crippen LogP contribution in [0.25, 0.3) is 72.0 Å². The maximum atomic E-state index is 2.59. The van der Waals surface area contributed by atoms with Crippen molar-refractivity contribution in [2.24, 2.45) is 0 Å². The second-order valence-corrected chi connectivity index (χ2v) is 16.0. The Bertz CT molecular complexity index is 2910. The zero-order chi connectivity index (χ0) is 36.7. The van der Waals surface area contributed by atoms with Crippen LogP contribution in [0.4, 0.5) is 0 Å². The topological polar surface area (TPSA) is 4.93 Å². The maximum Gasteiger partial charge on any atom is 0.0544 e. The summed E-state index contributed by atoms with van der Waals surface area (Å²) in [4.78, 5) is 0. The molecule has 1 nitrogen and oxygen atoms in total. The van der Waals surface area contributed by atoms with Crippen molar-refractivity contribution < 1.29 is 0 Å². The van der Waals surface area contributed by atoms with Gasteiger partial charge in [0.05, 0.1) is 11.0 Å². The number of rotatable bonds is 6. The van der Waals surface area contributed by atoms with Gasteiger partial charge in [-0.2, -0.15) is 0 Å². The van der Waals surface area contributed by atoms with Gasteiger partial charge in [-0.3, -0.25) is 0 Å². The highest BCUT2D eigenvalue weighted by Crippen LogP contribution is 2.56. The van der Waals surface area contributed by atoms with E-state index in [1.165, 1.54) is 99.8 Å². The Balaban J connectivity index is 0.997. The standard InChI is InChI=1S/C54H41N/c1-54(2)50-33-46-43(30-23-35-21-24-38(25-22-35)36-13-5-3-6-14-36)41-17-9-10-18-42(41)45(46)31-47(50)48-32-49-44-19-11-12-20-52(44)55(53(49)34-51(48)54)40-28-26-39(27-29-40)37-15-7-4-8-16-37/h3-22,24-29,31-34,43H,23,30H2,1-2H3. The summed E-state index contributed by atoms with van der Waals surface area (Å²) in [5.74, 6) is 0.371. The van der Waals surface area contributed by atoms with E-state index >= 15 is 0 Å². The van der Waals surface area contributed by atoms with Crippen LogP contribution in [-0.2, 0) is 11.8 Å². The lowest BCUT2D eigenvalue weighted by molar-refractivity contribution is 0.656. The van der Waals surface area contributed by atoms with Gasteiger partial charge in [-0.15, -0.1) is 0 Å². The fourth-order valence-electron chi connectivity index (χ4n) is 9.82. The van der Waals surface area contributed by atoms with E-state index in [9.17, 15) is 0 Å². The molecule has 8 aromatic carbocycles. The molecular weight excluding hydrogens is 663 g/mol. The molecule has 262 valence electrons. The predicted molar refractivity (Wildman–Crippen MR) is 231 cm³/mol. The average molecular weight is 704 g/mol. The predicted octanol–water partition coefficient (Wildman–Crippen LogP) is 14.2. The Morgan fingerprint density at radius 3 is 1.75 bits per heavy atom. The molecule has 1 atom stereocenters. The zero-order valence-electron chi connectivity index (χ0n) is 31.3. The third kappa shape index (κ3) is 5.00. The van der Waals surface area contributed by atoms with Gasteiger partial charge in [0.2, 0.25) is 0 Å².